The van der Waals surface area contributed by atoms with Crippen molar-refractivity contribution in [2.24, 2.45) is 0 Å². The molecule has 0 saturated carbocycles. The summed E-state index contributed by atoms with van der Waals surface area (Å²) in [6.07, 6.45) is 1.76. The van der Waals surface area contributed by atoms with Crippen LogP contribution >= 0.6 is 11.6 Å². The Morgan fingerprint density at radius 3 is 2.71 bits per heavy atom. The molecule has 2 aromatic rings. The zero-order chi connectivity index (χ0) is 15.5. The molecule has 0 unspecified atom stereocenters. The van der Waals surface area contributed by atoms with Crippen LogP contribution in [0.4, 0.5) is 0 Å². The monoisotopic (exact) mass is 307 g/mol. The first kappa shape index (κ1) is 15.9. The first-order chi connectivity index (χ1) is 9.83. The summed E-state index contributed by atoms with van der Waals surface area (Å²) in [7, 11) is 0. The molecule has 0 fully saturated rings. The molecule has 0 saturated heterocycles. The summed E-state index contributed by atoms with van der Waals surface area (Å²) < 4.78 is 11.2. The summed E-state index contributed by atoms with van der Waals surface area (Å²) in [5.41, 5.74) is 2.31. The molecule has 0 bridgehead atoms. The number of benzene rings is 1. The van der Waals surface area contributed by atoms with E-state index in [-0.39, 0.29) is 5.54 Å². The van der Waals surface area contributed by atoms with E-state index in [9.17, 15) is 0 Å². The molecule has 1 N–H and O–H groups in total. The van der Waals surface area contributed by atoms with Crippen molar-refractivity contribution in [3.63, 3.8) is 0 Å². The molecular weight excluding hydrogens is 286 g/mol. The largest absolute Gasteiger partial charge is 0.484 e. The second-order valence-electron chi connectivity index (χ2n) is 6.25. The van der Waals surface area contributed by atoms with Gasteiger partial charge in [0.2, 0.25) is 0 Å². The highest BCUT2D eigenvalue weighted by atomic mass is 35.5. The van der Waals surface area contributed by atoms with E-state index in [1.54, 1.807) is 6.26 Å². The SMILES string of the molecule is Cc1ccc(Cl)c(OCc2cc(CNC(C)(C)C)co2)c1. The third-order valence-electron chi connectivity index (χ3n) is 2.99. The number of aryl methyl sites for hydroxylation is 1. The first-order valence-corrected chi connectivity index (χ1v) is 7.41. The second kappa shape index (κ2) is 6.54. The van der Waals surface area contributed by atoms with Crippen LogP contribution in [0.25, 0.3) is 0 Å². The molecule has 4 heteroatoms. The lowest BCUT2D eigenvalue weighted by molar-refractivity contribution is 0.270. The van der Waals surface area contributed by atoms with E-state index in [1.165, 1.54) is 0 Å². The topological polar surface area (TPSA) is 34.4 Å². The van der Waals surface area contributed by atoms with Gasteiger partial charge in [-0.1, -0.05) is 17.7 Å². The van der Waals surface area contributed by atoms with E-state index in [4.69, 9.17) is 20.8 Å². The number of furan rings is 1. The maximum Gasteiger partial charge on any atom is 0.146 e. The van der Waals surface area contributed by atoms with Gasteiger partial charge in [0.25, 0.3) is 0 Å². The highest BCUT2D eigenvalue weighted by Gasteiger charge is 2.10. The predicted octanol–water partition coefficient (Wildman–Crippen LogP) is 4.71. The molecule has 3 nitrogen and oxygen atoms in total. The fourth-order valence-corrected chi connectivity index (χ4v) is 2.00. The number of ether oxygens (including phenoxy) is 1. The first-order valence-electron chi connectivity index (χ1n) is 7.04. The van der Waals surface area contributed by atoms with Crippen molar-refractivity contribution < 1.29 is 9.15 Å². The van der Waals surface area contributed by atoms with E-state index in [2.05, 4.69) is 26.1 Å². The number of halogens is 1. The number of hydrogen-bond acceptors (Lipinski definition) is 3. The van der Waals surface area contributed by atoms with E-state index in [0.29, 0.717) is 17.4 Å². The maximum absolute atomic E-state index is 6.10. The fourth-order valence-electron chi connectivity index (χ4n) is 1.83. The molecule has 1 aromatic heterocycles. The Hall–Kier alpha value is -1.45. The van der Waals surface area contributed by atoms with Gasteiger partial charge >= 0.3 is 0 Å². The van der Waals surface area contributed by atoms with Crippen LogP contribution in [-0.4, -0.2) is 5.54 Å². The number of rotatable bonds is 5. The van der Waals surface area contributed by atoms with Crippen molar-refractivity contribution in [2.45, 2.75) is 46.4 Å². The molecule has 0 atom stereocenters. The van der Waals surface area contributed by atoms with Crippen molar-refractivity contribution in [3.8, 4) is 5.75 Å². The quantitative estimate of drug-likeness (QED) is 0.868. The Bertz CT molecular complexity index is 599. The molecule has 0 amide bonds. The minimum Gasteiger partial charge on any atom is -0.484 e. The molecule has 2 rings (SSSR count). The van der Waals surface area contributed by atoms with Crippen molar-refractivity contribution >= 4 is 11.6 Å². The summed E-state index contributed by atoms with van der Waals surface area (Å²) in [6, 6.07) is 7.72. The van der Waals surface area contributed by atoms with Gasteiger partial charge in [0, 0.05) is 17.6 Å². The summed E-state index contributed by atoms with van der Waals surface area (Å²) in [5.74, 6) is 1.47. The summed E-state index contributed by atoms with van der Waals surface area (Å²) in [6.45, 7) is 9.56. The third kappa shape index (κ3) is 5.10. The Balaban J connectivity index is 1.92. The minimum atomic E-state index is 0.0863. The zero-order valence-corrected chi connectivity index (χ0v) is 13.8. The van der Waals surface area contributed by atoms with Gasteiger partial charge in [-0.05, 0) is 51.5 Å². The summed E-state index contributed by atoms with van der Waals surface area (Å²) >= 11 is 6.10. The average Bonchev–Trinajstić information content (AvgIpc) is 2.85. The number of hydrogen-bond donors (Lipinski definition) is 1. The van der Waals surface area contributed by atoms with Gasteiger partial charge in [-0.3, -0.25) is 0 Å². The van der Waals surface area contributed by atoms with Gasteiger partial charge < -0.3 is 14.5 Å². The lowest BCUT2D eigenvalue weighted by atomic mass is 10.1. The molecule has 0 spiro atoms. The summed E-state index contributed by atoms with van der Waals surface area (Å²) in [5, 5.41) is 4.03. The van der Waals surface area contributed by atoms with Crippen LogP contribution in [0.15, 0.2) is 34.9 Å². The Morgan fingerprint density at radius 2 is 2.00 bits per heavy atom. The van der Waals surface area contributed by atoms with Crippen LogP contribution in [0.5, 0.6) is 5.75 Å². The van der Waals surface area contributed by atoms with Crippen molar-refractivity contribution in [2.75, 3.05) is 0 Å². The zero-order valence-electron chi connectivity index (χ0n) is 13.0. The Kier molecular flexibility index (Phi) is 4.96. The predicted molar refractivity (Wildman–Crippen MR) is 85.8 cm³/mol. The van der Waals surface area contributed by atoms with E-state index >= 15 is 0 Å². The molecule has 0 aliphatic heterocycles. The van der Waals surface area contributed by atoms with Gasteiger partial charge in [-0.25, -0.2) is 0 Å². The van der Waals surface area contributed by atoms with Gasteiger partial charge in [-0.15, -0.1) is 0 Å². The summed E-state index contributed by atoms with van der Waals surface area (Å²) in [4.78, 5) is 0. The third-order valence-corrected chi connectivity index (χ3v) is 3.30. The van der Waals surface area contributed by atoms with Crippen LogP contribution in [0.1, 0.15) is 37.7 Å². The van der Waals surface area contributed by atoms with Crippen LogP contribution in [-0.2, 0) is 13.2 Å². The lowest BCUT2D eigenvalue weighted by Crippen LogP contribution is -2.34. The second-order valence-corrected chi connectivity index (χ2v) is 6.65. The average molecular weight is 308 g/mol. The Morgan fingerprint density at radius 1 is 1.24 bits per heavy atom. The molecule has 0 aliphatic carbocycles. The van der Waals surface area contributed by atoms with Gasteiger partial charge in [0.05, 0.1) is 11.3 Å². The standard InChI is InChI=1S/C17H22ClNO2/c1-12-5-6-15(18)16(7-12)21-11-14-8-13(10-20-14)9-19-17(2,3)4/h5-8,10,19H,9,11H2,1-4H3. The van der Waals surface area contributed by atoms with Crippen molar-refractivity contribution in [3.05, 3.63) is 52.4 Å². The van der Waals surface area contributed by atoms with Gasteiger partial charge in [0.15, 0.2) is 0 Å². The molecule has 1 heterocycles. The molecule has 21 heavy (non-hydrogen) atoms. The van der Waals surface area contributed by atoms with E-state index < -0.39 is 0 Å². The lowest BCUT2D eigenvalue weighted by Gasteiger charge is -2.19. The van der Waals surface area contributed by atoms with Crippen molar-refractivity contribution in [1.29, 1.82) is 0 Å². The maximum atomic E-state index is 6.10. The van der Waals surface area contributed by atoms with Crippen LogP contribution < -0.4 is 10.1 Å². The molecule has 114 valence electrons. The molecule has 0 aliphatic rings. The van der Waals surface area contributed by atoms with Crippen molar-refractivity contribution in [1.82, 2.24) is 5.32 Å². The molecule has 1 aromatic carbocycles. The van der Waals surface area contributed by atoms with Gasteiger partial charge in [-0.2, -0.15) is 0 Å². The van der Waals surface area contributed by atoms with E-state index in [0.717, 1.165) is 23.4 Å². The normalized spacial score (nSPS) is 11.7. The molecular formula is C17H22ClNO2. The number of nitrogens with one attached hydrogen (secondary N) is 1. The Labute approximate surface area is 131 Å². The fraction of sp³-hybridized carbons (Fsp3) is 0.412. The van der Waals surface area contributed by atoms with E-state index in [1.807, 2.05) is 31.2 Å². The smallest absolute Gasteiger partial charge is 0.146 e. The van der Waals surface area contributed by atoms with Gasteiger partial charge in [0.1, 0.15) is 18.1 Å². The van der Waals surface area contributed by atoms with Crippen LogP contribution in [0, 0.1) is 6.92 Å². The van der Waals surface area contributed by atoms with Crippen LogP contribution in [0.3, 0.4) is 0 Å². The highest BCUT2D eigenvalue weighted by molar-refractivity contribution is 6.32. The molecule has 0 radical (unpaired) electrons. The minimum absolute atomic E-state index is 0.0863. The highest BCUT2D eigenvalue weighted by Crippen LogP contribution is 2.26. The van der Waals surface area contributed by atoms with Crippen LogP contribution in [0.2, 0.25) is 5.02 Å².